The van der Waals surface area contributed by atoms with Gasteiger partial charge in [-0.1, -0.05) is 54.6 Å². The lowest BCUT2D eigenvalue weighted by atomic mass is 10.1. The van der Waals surface area contributed by atoms with Crippen LogP contribution in [0.4, 0.5) is 0 Å². The summed E-state index contributed by atoms with van der Waals surface area (Å²) in [5.41, 5.74) is 5.09. The van der Waals surface area contributed by atoms with Crippen molar-refractivity contribution in [2.45, 2.75) is 6.92 Å². The maximum Gasteiger partial charge on any atom is 0.0634 e. The molecule has 1 nitrogen and oxygen atoms in total. The molecule has 0 aliphatic heterocycles. The zero-order valence-corrected chi connectivity index (χ0v) is 15.8. The molecule has 0 saturated carbocycles. The molecule has 2 heterocycles. The fourth-order valence-corrected chi connectivity index (χ4v) is 5.38. The summed E-state index contributed by atoms with van der Waals surface area (Å²) in [5, 5.41) is 5.35. The first-order valence-corrected chi connectivity index (χ1v) is 10.0. The van der Waals surface area contributed by atoms with Gasteiger partial charge in [0.15, 0.2) is 0 Å². The van der Waals surface area contributed by atoms with Gasteiger partial charge in [-0.15, -0.1) is 11.3 Å². The molecule has 128 valence electrons. The van der Waals surface area contributed by atoms with Gasteiger partial charge in [-0.05, 0) is 42.8 Å². The van der Waals surface area contributed by atoms with Crippen molar-refractivity contribution >= 4 is 53.3 Å². The molecular formula is C25H17NS. The Morgan fingerprint density at radius 1 is 0.667 bits per heavy atom. The van der Waals surface area contributed by atoms with E-state index in [0.29, 0.717) is 0 Å². The Kier molecular flexibility index (Phi) is 3.03. The van der Waals surface area contributed by atoms with Crippen molar-refractivity contribution in [1.82, 2.24) is 4.57 Å². The first kappa shape index (κ1) is 15.0. The number of benzene rings is 4. The van der Waals surface area contributed by atoms with Crippen LogP contribution in [0.15, 0.2) is 84.9 Å². The Morgan fingerprint density at radius 2 is 1.44 bits per heavy atom. The third-order valence-electron chi connectivity index (χ3n) is 5.44. The Labute approximate surface area is 161 Å². The minimum absolute atomic E-state index is 1.21. The van der Waals surface area contributed by atoms with Crippen LogP contribution < -0.4 is 0 Å². The number of hydrogen-bond acceptors (Lipinski definition) is 1. The first-order chi connectivity index (χ1) is 13.3. The van der Waals surface area contributed by atoms with E-state index in [0.717, 1.165) is 0 Å². The quantitative estimate of drug-likeness (QED) is 0.286. The molecule has 0 bridgehead atoms. The summed E-state index contributed by atoms with van der Waals surface area (Å²) >= 11 is 1.88. The van der Waals surface area contributed by atoms with Crippen LogP contribution in [0.3, 0.4) is 0 Å². The number of nitrogens with zero attached hydrogens (tertiary/aromatic N) is 1. The SMILES string of the molecule is Cc1ccc2c3ccc4sc5ccccc5c4c3n(-c3ccccc3)c2c1. The number of hydrogen-bond donors (Lipinski definition) is 0. The molecule has 4 aromatic carbocycles. The monoisotopic (exact) mass is 363 g/mol. The molecule has 0 spiro atoms. The molecule has 0 unspecified atom stereocenters. The molecule has 0 saturated heterocycles. The standard InChI is InChI=1S/C25H17NS/c1-16-11-12-18-19-13-14-23-24(20-9-5-6-10-22(20)27-23)25(19)26(21(18)15-16)17-7-3-2-4-8-17/h2-15H,1H3. The van der Waals surface area contributed by atoms with Crippen molar-refractivity contribution in [2.24, 2.45) is 0 Å². The highest BCUT2D eigenvalue weighted by Gasteiger charge is 2.17. The molecule has 0 aliphatic carbocycles. The molecule has 2 heteroatoms. The summed E-state index contributed by atoms with van der Waals surface area (Å²) < 4.78 is 5.14. The number of aromatic nitrogens is 1. The van der Waals surface area contributed by atoms with E-state index in [-0.39, 0.29) is 0 Å². The Hall–Kier alpha value is -3.10. The van der Waals surface area contributed by atoms with E-state index in [9.17, 15) is 0 Å². The summed E-state index contributed by atoms with van der Waals surface area (Å²) in [6, 6.07) is 30.9. The highest BCUT2D eigenvalue weighted by molar-refractivity contribution is 7.26. The van der Waals surface area contributed by atoms with Crippen LogP contribution in [-0.4, -0.2) is 4.57 Å². The summed E-state index contributed by atoms with van der Waals surface area (Å²) in [6.45, 7) is 2.17. The van der Waals surface area contributed by atoms with Crippen LogP contribution in [0.5, 0.6) is 0 Å². The molecule has 0 aliphatic rings. The Balaban J connectivity index is 1.95. The van der Waals surface area contributed by atoms with Gasteiger partial charge in [0.2, 0.25) is 0 Å². The molecule has 0 fully saturated rings. The fourth-order valence-electron chi connectivity index (χ4n) is 4.27. The lowest BCUT2D eigenvalue weighted by Crippen LogP contribution is -1.93. The van der Waals surface area contributed by atoms with Gasteiger partial charge < -0.3 is 4.57 Å². The van der Waals surface area contributed by atoms with Crippen LogP contribution in [-0.2, 0) is 0 Å². The number of fused-ring (bicyclic) bond motifs is 7. The first-order valence-electron chi connectivity index (χ1n) is 9.22. The molecule has 27 heavy (non-hydrogen) atoms. The molecule has 6 rings (SSSR count). The van der Waals surface area contributed by atoms with Gasteiger partial charge in [0.25, 0.3) is 0 Å². The van der Waals surface area contributed by atoms with Crippen molar-refractivity contribution in [1.29, 1.82) is 0 Å². The van der Waals surface area contributed by atoms with Crippen LogP contribution in [0, 0.1) is 6.92 Å². The topological polar surface area (TPSA) is 4.93 Å². The molecular weight excluding hydrogens is 346 g/mol. The van der Waals surface area contributed by atoms with E-state index in [1.54, 1.807) is 0 Å². The van der Waals surface area contributed by atoms with Gasteiger partial charge in [-0.3, -0.25) is 0 Å². The van der Waals surface area contributed by atoms with Crippen LogP contribution in [0.2, 0.25) is 0 Å². The van der Waals surface area contributed by atoms with E-state index in [4.69, 9.17) is 0 Å². The average molecular weight is 363 g/mol. The van der Waals surface area contributed by atoms with Crippen molar-refractivity contribution in [3.63, 3.8) is 0 Å². The van der Waals surface area contributed by atoms with Gasteiger partial charge in [0.1, 0.15) is 0 Å². The summed E-state index contributed by atoms with van der Waals surface area (Å²) in [7, 11) is 0. The predicted octanol–water partition coefficient (Wildman–Crippen LogP) is 7.46. The zero-order valence-electron chi connectivity index (χ0n) is 14.9. The van der Waals surface area contributed by atoms with E-state index < -0.39 is 0 Å². The largest absolute Gasteiger partial charge is 0.309 e. The third-order valence-corrected chi connectivity index (χ3v) is 6.57. The molecule has 6 aromatic rings. The zero-order chi connectivity index (χ0) is 18.0. The van der Waals surface area contributed by atoms with Gasteiger partial charge in [-0.25, -0.2) is 0 Å². The van der Waals surface area contributed by atoms with Gasteiger partial charge in [0.05, 0.1) is 11.0 Å². The summed E-state index contributed by atoms with van der Waals surface area (Å²) in [5.74, 6) is 0. The van der Waals surface area contributed by atoms with Crippen molar-refractivity contribution in [3.05, 3.63) is 90.5 Å². The van der Waals surface area contributed by atoms with E-state index in [1.165, 1.54) is 53.2 Å². The lowest BCUT2D eigenvalue weighted by molar-refractivity contribution is 1.18. The molecule has 2 aromatic heterocycles. The average Bonchev–Trinajstić information content (AvgIpc) is 3.23. The number of aryl methyl sites for hydroxylation is 1. The maximum atomic E-state index is 2.44. The summed E-state index contributed by atoms with van der Waals surface area (Å²) in [6.07, 6.45) is 0. The highest BCUT2D eigenvalue weighted by Crippen LogP contribution is 2.42. The molecule has 0 amide bonds. The van der Waals surface area contributed by atoms with Crippen LogP contribution in [0.1, 0.15) is 5.56 Å². The highest BCUT2D eigenvalue weighted by atomic mass is 32.1. The predicted molar refractivity (Wildman–Crippen MR) is 118 cm³/mol. The van der Waals surface area contributed by atoms with Crippen molar-refractivity contribution in [3.8, 4) is 5.69 Å². The van der Waals surface area contributed by atoms with E-state index in [1.807, 2.05) is 11.3 Å². The second-order valence-corrected chi connectivity index (χ2v) is 8.21. The second-order valence-electron chi connectivity index (χ2n) is 7.12. The van der Waals surface area contributed by atoms with E-state index >= 15 is 0 Å². The smallest absolute Gasteiger partial charge is 0.0634 e. The van der Waals surface area contributed by atoms with Crippen LogP contribution >= 0.6 is 11.3 Å². The second kappa shape index (κ2) is 5.45. The third kappa shape index (κ3) is 2.05. The number of thiophene rings is 1. The van der Waals surface area contributed by atoms with Gasteiger partial charge >= 0.3 is 0 Å². The Morgan fingerprint density at radius 3 is 2.33 bits per heavy atom. The van der Waals surface area contributed by atoms with Crippen molar-refractivity contribution < 1.29 is 0 Å². The normalized spacial score (nSPS) is 11.9. The Bertz CT molecular complexity index is 1470. The lowest BCUT2D eigenvalue weighted by Gasteiger charge is -2.09. The maximum absolute atomic E-state index is 2.44. The number of para-hydroxylation sites is 1. The molecule has 0 N–H and O–H groups in total. The fraction of sp³-hybridized carbons (Fsp3) is 0.0400. The minimum Gasteiger partial charge on any atom is -0.309 e. The van der Waals surface area contributed by atoms with Crippen molar-refractivity contribution in [2.75, 3.05) is 0 Å². The van der Waals surface area contributed by atoms with Gasteiger partial charge in [0, 0.05) is 36.6 Å². The van der Waals surface area contributed by atoms with E-state index in [2.05, 4.69) is 96.4 Å². The molecule has 0 atom stereocenters. The minimum atomic E-state index is 1.21. The summed E-state index contributed by atoms with van der Waals surface area (Å²) in [4.78, 5) is 0. The van der Waals surface area contributed by atoms with Crippen LogP contribution in [0.25, 0.3) is 47.7 Å². The number of rotatable bonds is 1. The van der Waals surface area contributed by atoms with Gasteiger partial charge in [-0.2, -0.15) is 0 Å². The molecule has 0 radical (unpaired) electrons.